The zero-order valence-electron chi connectivity index (χ0n) is 9.17. The van der Waals surface area contributed by atoms with Crippen molar-refractivity contribution in [1.29, 1.82) is 0 Å². The van der Waals surface area contributed by atoms with Crippen molar-refractivity contribution in [2.24, 2.45) is 5.92 Å². The molecule has 0 bridgehead atoms. The van der Waals surface area contributed by atoms with Gasteiger partial charge in [0.1, 0.15) is 0 Å². The molecule has 17 heavy (non-hydrogen) atoms. The van der Waals surface area contributed by atoms with E-state index in [1.807, 2.05) is 6.92 Å². The molecule has 2 unspecified atom stereocenters. The van der Waals surface area contributed by atoms with Crippen LogP contribution in [0.25, 0.3) is 0 Å². The summed E-state index contributed by atoms with van der Waals surface area (Å²) in [6.45, 7) is 2.37. The number of halogens is 3. The molecule has 1 aliphatic rings. The molecular formula is C12H11Cl3O2. The minimum absolute atomic E-state index is 0.0685. The maximum absolute atomic E-state index is 12.3. The minimum Gasteiger partial charge on any atom is -0.378 e. The Labute approximate surface area is 115 Å². The molecule has 2 atom stereocenters. The van der Waals surface area contributed by atoms with Crippen LogP contribution in [0.4, 0.5) is 0 Å². The summed E-state index contributed by atoms with van der Waals surface area (Å²) in [4.78, 5) is 12.3. The van der Waals surface area contributed by atoms with E-state index in [0.717, 1.165) is 0 Å². The van der Waals surface area contributed by atoms with Crippen molar-refractivity contribution in [3.63, 3.8) is 0 Å². The van der Waals surface area contributed by atoms with Crippen LogP contribution in [0.1, 0.15) is 23.7 Å². The van der Waals surface area contributed by atoms with Crippen LogP contribution >= 0.6 is 34.8 Å². The maximum atomic E-state index is 12.3. The summed E-state index contributed by atoms with van der Waals surface area (Å²) in [7, 11) is 0. The number of ether oxygens (including phenoxy) is 1. The topological polar surface area (TPSA) is 26.3 Å². The number of hydrogen-bond donors (Lipinski definition) is 0. The van der Waals surface area contributed by atoms with Gasteiger partial charge in [-0.25, -0.2) is 0 Å². The van der Waals surface area contributed by atoms with E-state index >= 15 is 0 Å². The fraction of sp³-hybridized carbons (Fsp3) is 0.417. The molecule has 0 saturated carbocycles. The lowest BCUT2D eigenvalue weighted by Gasteiger charge is -2.10. The molecular weight excluding hydrogens is 282 g/mol. The van der Waals surface area contributed by atoms with E-state index in [-0.39, 0.29) is 17.8 Å². The van der Waals surface area contributed by atoms with Crippen molar-refractivity contribution in [3.8, 4) is 0 Å². The molecule has 1 aliphatic heterocycles. The van der Waals surface area contributed by atoms with Gasteiger partial charge in [0.15, 0.2) is 5.78 Å². The summed E-state index contributed by atoms with van der Waals surface area (Å²) >= 11 is 17.8. The highest BCUT2D eigenvalue weighted by Crippen LogP contribution is 2.33. The molecule has 0 N–H and O–H groups in total. The standard InChI is InChI=1S/C12H11Cl3O2/c1-6-2-7(5-17-6)12(16)11-9(14)3-8(13)4-10(11)15/h3-4,6-7H,2,5H2,1H3. The lowest BCUT2D eigenvalue weighted by Crippen LogP contribution is -2.16. The van der Waals surface area contributed by atoms with Gasteiger partial charge in [0.2, 0.25) is 0 Å². The Morgan fingerprint density at radius 2 is 1.88 bits per heavy atom. The average molecular weight is 294 g/mol. The number of carbonyl (C=O) groups excluding carboxylic acids is 1. The van der Waals surface area contributed by atoms with Crippen molar-refractivity contribution >= 4 is 40.6 Å². The molecule has 1 fully saturated rings. The number of hydrogen-bond acceptors (Lipinski definition) is 2. The van der Waals surface area contributed by atoms with E-state index < -0.39 is 0 Å². The van der Waals surface area contributed by atoms with Gasteiger partial charge >= 0.3 is 0 Å². The van der Waals surface area contributed by atoms with Gasteiger partial charge in [-0.3, -0.25) is 4.79 Å². The third kappa shape index (κ3) is 2.76. The van der Waals surface area contributed by atoms with E-state index in [1.54, 1.807) is 0 Å². The molecule has 1 saturated heterocycles. The predicted octanol–water partition coefficient (Wildman–Crippen LogP) is 4.25. The molecule has 0 spiro atoms. The lowest BCUT2D eigenvalue weighted by molar-refractivity contribution is 0.0878. The van der Waals surface area contributed by atoms with E-state index in [0.29, 0.717) is 33.7 Å². The number of benzene rings is 1. The van der Waals surface area contributed by atoms with Crippen molar-refractivity contribution in [3.05, 3.63) is 32.8 Å². The van der Waals surface area contributed by atoms with Crippen LogP contribution in [0.2, 0.25) is 15.1 Å². The summed E-state index contributed by atoms with van der Waals surface area (Å²) in [6, 6.07) is 3.06. The highest BCUT2D eigenvalue weighted by Gasteiger charge is 2.31. The van der Waals surface area contributed by atoms with Crippen molar-refractivity contribution in [2.75, 3.05) is 6.61 Å². The van der Waals surface area contributed by atoms with Gasteiger partial charge in [-0.15, -0.1) is 0 Å². The second-order valence-corrected chi connectivity index (χ2v) is 5.44. The van der Waals surface area contributed by atoms with Gasteiger partial charge in [0.05, 0.1) is 28.3 Å². The first-order chi connectivity index (χ1) is 7.99. The predicted molar refractivity (Wildman–Crippen MR) is 69.3 cm³/mol. The molecule has 0 radical (unpaired) electrons. The third-order valence-corrected chi connectivity index (χ3v) is 3.64. The van der Waals surface area contributed by atoms with E-state index in [1.165, 1.54) is 12.1 Å². The monoisotopic (exact) mass is 292 g/mol. The normalized spacial score (nSPS) is 24.0. The van der Waals surface area contributed by atoms with Gasteiger partial charge in [0, 0.05) is 10.9 Å². The summed E-state index contributed by atoms with van der Waals surface area (Å²) < 4.78 is 5.38. The van der Waals surface area contributed by atoms with Crippen LogP contribution in [0.5, 0.6) is 0 Å². The van der Waals surface area contributed by atoms with Crippen molar-refractivity contribution in [2.45, 2.75) is 19.4 Å². The first-order valence-electron chi connectivity index (χ1n) is 5.29. The van der Waals surface area contributed by atoms with Gasteiger partial charge < -0.3 is 4.74 Å². The third-order valence-electron chi connectivity index (χ3n) is 2.82. The smallest absolute Gasteiger partial charge is 0.171 e. The average Bonchev–Trinajstić information content (AvgIpc) is 2.63. The van der Waals surface area contributed by atoms with Gasteiger partial charge in [-0.2, -0.15) is 0 Å². The largest absolute Gasteiger partial charge is 0.378 e. The molecule has 92 valence electrons. The quantitative estimate of drug-likeness (QED) is 0.762. The highest BCUT2D eigenvalue weighted by molar-refractivity contribution is 6.42. The van der Waals surface area contributed by atoms with Gasteiger partial charge in [0.25, 0.3) is 0 Å². The molecule has 1 aromatic carbocycles. The second-order valence-electron chi connectivity index (χ2n) is 4.19. The number of carbonyl (C=O) groups is 1. The SMILES string of the molecule is CC1CC(C(=O)c2c(Cl)cc(Cl)cc2Cl)CO1. The van der Waals surface area contributed by atoms with Gasteiger partial charge in [-0.05, 0) is 25.5 Å². The number of Topliss-reactive ketones (excluding diaryl/α,β-unsaturated/α-hetero) is 1. The minimum atomic E-state index is -0.166. The lowest BCUT2D eigenvalue weighted by atomic mass is 9.95. The van der Waals surface area contributed by atoms with Crippen LogP contribution in [0, 0.1) is 5.92 Å². The molecule has 2 nitrogen and oxygen atoms in total. The Morgan fingerprint density at radius 3 is 2.35 bits per heavy atom. The Hall–Kier alpha value is -0.280. The van der Waals surface area contributed by atoms with E-state index in [4.69, 9.17) is 39.5 Å². The Kier molecular flexibility index (Phi) is 3.99. The zero-order valence-corrected chi connectivity index (χ0v) is 11.4. The summed E-state index contributed by atoms with van der Waals surface area (Å²) in [6.07, 6.45) is 0.808. The number of ketones is 1. The molecule has 1 heterocycles. The fourth-order valence-electron chi connectivity index (χ4n) is 1.98. The number of rotatable bonds is 2. The molecule has 5 heteroatoms. The summed E-state index contributed by atoms with van der Waals surface area (Å²) in [5, 5.41) is 1.02. The van der Waals surface area contributed by atoms with E-state index in [2.05, 4.69) is 0 Å². The van der Waals surface area contributed by atoms with Gasteiger partial charge in [-0.1, -0.05) is 34.8 Å². The molecule has 0 aromatic heterocycles. The Balaban J connectivity index is 2.31. The van der Waals surface area contributed by atoms with Crippen LogP contribution in [0.15, 0.2) is 12.1 Å². The van der Waals surface area contributed by atoms with E-state index in [9.17, 15) is 4.79 Å². The van der Waals surface area contributed by atoms with Crippen molar-refractivity contribution < 1.29 is 9.53 Å². The van der Waals surface area contributed by atoms with Crippen LogP contribution in [-0.4, -0.2) is 18.5 Å². The second kappa shape index (κ2) is 5.15. The highest BCUT2D eigenvalue weighted by atomic mass is 35.5. The molecule has 1 aromatic rings. The molecule has 0 amide bonds. The summed E-state index contributed by atoms with van der Waals surface area (Å²) in [5.74, 6) is -0.234. The van der Waals surface area contributed by atoms with Crippen LogP contribution in [-0.2, 0) is 4.74 Å². The zero-order chi connectivity index (χ0) is 12.6. The Bertz CT molecular complexity index is 436. The molecule has 0 aliphatic carbocycles. The maximum Gasteiger partial charge on any atom is 0.171 e. The Morgan fingerprint density at radius 1 is 1.29 bits per heavy atom. The summed E-state index contributed by atoms with van der Waals surface area (Å²) in [5.41, 5.74) is 0.348. The first kappa shape index (κ1) is 13.2. The van der Waals surface area contributed by atoms with Crippen LogP contribution in [0.3, 0.4) is 0 Å². The van der Waals surface area contributed by atoms with Crippen molar-refractivity contribution in [1.82, 2.24) is 0 Å². The fourth-order valence-corrected chi connectivity index (χ4v) is 2.98. The first-order valence-corrected chi connectivity index (χ1v) is 6.42. The van der Waals surface area contributed by atoms with Crippen LogP contribution < -0.4 is 0 Å². The molecule has 2 rings (SSSR count).